The van der Waals surface area contributed by atoms with Crippen LogP contribution in [0, 0.1) is 13.8 Å². The Bertz CT molecular complexity index is 668. The van der Waals surface area contributed by atoms with Gasteiger partial charge in [-0.05, 0) is 61.0 Å². The number of aromatic nitrogens is 1. The van der Waals surface area contributed by atoms with E-state index in [0.717, 1.165) is 0 Å². The summed E-state index contributed by atoms with van der Waals surface area (Å²) < 4.78 is 10.4. The van der Waals surface area contributed by atoms with Crippen molar-refractivity contribution in [3.05, 3.63) is 22.5 Å². The standard InChI is InChI=1S/C19H30N2O5/c1-9-25-18(23)15-12(6)16(20-13(15)7)19(24)26-14(8)17(22)21(10(2)3)11(4)5/h10-11,14,20H,9H2,1-8H3. The van der Waals surface area contributed by atoms with E-state index in [4.69, 9.17) is 9.47 Å². The molecule has 7 heteroatoms. The van der Waals surface area contributed by atoms with Crippen molar-refractivity contribution in [2.24, 2.45) is 0 Å². The minimum absolute atomic E-state index is 0.00598. The van der Waals surface area contributed by atoms with E-state index in [2.05, 4.69) is 4.98 Å². The number of amides is 1. The largest absolute Gasteiger partial charge is 0.462 e. The molecule has 1 aromatic rings. The number of hydrogen-bond acceptors (Lipinski definition) is 5. The molecule has 1 N–H and O–H groups in total. The molecule has 0 aliphatic carbocycles. The van der Waals surface area contributed by atoms with E-state index >= 15 is 0 Å². The number of hydrogen-bond donors (Lipinski definition) is 1. The molecule has 0 aliphatic heterocycles. The molecule has 1 heterocycles. The van der Waals surface area contributed by atoms with Crippen LogP contribution in [0.2, 0.25) is 0 Å². The van der Waals surface area contributed by atoms with E-state index in [1.54, 1.807) is 32.6 Å². The molecule has 0 bridgehead atoms. The summed E-state index contributed by atoms with van der Waals surface area (Å²) in [4.78, 5) is 41.7. The minimum atomic E-state index is -0.929. The first kappa shape index (κ1) is 21.7. The summed E-state index contributed by atoms with van der Waals surface area (Å²) >= 11 is 0. The SMILES string of the molecule is CCOC(=O)c1c(C)[nH]c(C(=O)OC(C)C(=O)N(C(C)C)C(C)C)c1C. The van der Waals surface area contributed by atoms with Gasteiger partial charge in [-0.25, -0.2) is 9.59 Å². The van der Waals surface area contributed by atoms with Crippen LogP contribution in [0.1, 0.15) is 73.6 Å². The summed E-state index contributed by atoms with van der Waals surface area (Å²) in [5, 5.41) is 0. The van der Waals surface area contributed by atoms with Gasteiger partial charge in [-0.15, -0.1) is 0 Å². The predicted molar refractivity (Wildman–Crippen MR) is 98.2 cm³/mol. The second-order valence-corrected chi connectivity index (χ2v) is 6.83. The lowest BCUT2D eigenvalue weighted by atomic mass is 10.1. The molecular weight excluding hydrogens is 336 g/mol. The van der Waals surface area contributed by atoms with Crippen LogP contribution in [-0.4, -0.2) is 52.5 Å². The van der Waals surface area contributed by atoms with Crippen LogP contribution in [0.15, 0.2) is 0 Å². The molecule has 0 radical (unpaired) electrons. The Labute approximate surface area is 155 Å². The average Bonchev–Trinajstić information content (AvgIpc) is 2.81. The van der Waals surface area contributed by atoms with Crippen molar-refractivity contribution in [1.82, 2.24) is 9.88 Å². The fraction of sp³-hybridized carbons (Fsp3) is 0.632. The third-order valence-electron chi connectivity index (χ3n) is 4.12. The number of ether oxygens (including phenoxy) is 2. The molecule has 1 aromatic heterocycles. The third kappa shape index (κ3) is 4.65. The molecule has 7 nitrogen and oxygen atoms in total. The predicted octanol–water partition coefficient (Wildman–Crippen LogP) is 3.00. The number of aryl methyl sites for hydroxylation is 1. The fourth-order valence-corrected chi connectivity index (χ4v) is 3.05. The molecule has 0 fully saturated rings. The third-order valence-corrected chi connectivity index (χ3v) is 4.12. The number of carbonyl (C=O) groups is 3. The summed E-state index contributed by atoms with van der Waals surface area (Å²) in [5.41, 5.74) is 1.46. The van der Waals surface area contributed by atoms with Gasteiger partial charge in [-0.1, -0.05) is 0 Å². The molecule has 1 rings (SSSR count). The van der Waals surface area contributed by atoms with Crippen molar-refractivity contribution < 1.29 is 23.9 Å². The van der Waals surface area contributed by atoms with Crippen LogP contribution in [-0.2, 0) is 14.3 Å². The molecule has 0 saturated heterocycles. The number of aromatic amines is 1. The normalized spacial score (nSPS) is 12.2. The van der Waals surface area contributed by atoms with Crippen LogP contribution >= 0.6 is 0 Å². The molecule has 0 saturated carbocycles. The van der Waals surface area contributed by atoms with E-state index in [9.17, 15) is 14.4 Å². The lowest BCUT2D eigenvalue weighted by molar-refractivity contribution is -0.143. The zero-order chi connectivity index (χ0) is 20.2. The smallest absolute Gasteiger partial charge is 0.355 e. The zero-order valence-electron chi connectivity index (χ0n) is 16.9. The maximum absolute atomic E-state index is 12.6. The molecule has 1 unspecified atom stereocenters. The first-order valence-corrected chi connectivity index (χ1v) is 8.92. The highest BCUT2D eigenvalue weighted by Gasteiger charge is 2.30. The average molecular weight is 366 g/mol. The second kappa shape index (κ2) is 8.87. The Morgan fingerprint density at radius 1 is 1.00 bits per heavy atom. The van der Waals surface area contributed by atoms with Gasteiger partial charge in [-0.3, -0.25) is 4.79 Å². The van der Waals surface area contributed by atoms with Crippen LogP contribution in [0.5, 0.6) is 0 Å². The summed E-state index contributed by atoms with van der Waals surface area (Å²) in [6.45, 7) is 14.5. The number of carbonyl (C=O) groups excluding carboxylic acids is 3. The lowest BCUT2D eigenvalue weighted by Gasteiger charge is -2.32. The highest BCUT2D eigenvalue weighted by molar-refractivity contribution is 5.99. The molecule has 0 spiro atoms. The number of esters is 2. The molecule has 0 aromatic carbocycles. The summed E-state index contributed by atoms with van der Waals surface area (Å²) in [7, 11) is 0. The number of nitrogens with zero attached hydrogens (tertiary/aromatic N) is 1. The van der Waals surface area contributed by atoms with Crippen LogP contribution in [0.3, 0.4) is 0 Å². The van der Waals surface area contributed by atoms with Crippen molar-refractivity contribution in [2.75, 3.05) is 6.61 Å². The zero-order valence-corrected chi connectivity index (χ0v) is 16.9. The number of rotatable bonds is 7. The van der Waals surface area contributed by atoms with Crippen molar-refractivity contribution in [1.29, 1.82) is 0 Å². The Hall–Kier alpha value is -2.31. The van der Waals surface area contributed by atoms with Crippen LogP contribution in [0.25, 0.3) is 0 Å². The summed E-state index contributed by atoms with van der Waals surface area (Å²) in [6.07, 6.45) is -0.929. The monoisotopic (exact) mass is 366 g/mol. The Kier molecular flexibility index (Phi) is 7.41. The highest BCUT2D eigenvalue weighted by Crippen LogP contribution is 2.21. The van der Waals surface area contributed by atoms with Crippen molar-refractivity contribution in [2.45, 2.75) is 73.6 Å². The topological polar surface area (TPSA) is 88.7 Å². The molecular formula is C19H30N2O5. The summed E-state index contributed by atoms with van der Waals surface area (Å²) in [5.74, 6) is -1.42. The van der Waals surface area contributed by atoms with Crippen molar-refractivity contribution in [3.63, 3.8) is 0 Å². The van der Waals surface area contributed by atoms with Crippen molar-refractivity contribution in [3.8, 4) is 0 Å². The van der Waals surface area contributed by atoms with Gasteiger partial charge in [0, 0.05) is 17.8 Å². The first-order chi connectivity index (χ1) is 12.0. The lowest BCUT2D eigenvalue weighted by Crippen LogP contribution is -2.47. The van der Waals surface area contributed by atoms with Gasteiger partial charge in [0.25, 0.3) is 5.91 Å². The van der Waals surface area contributed by atoms with Crippen LogP contribution < -0.4 is 0 Å². The molecule has 1 atom stereocenters. The van der Waals surface area contributed by atoms with Gasteiger partial charge in [0.2, 0.25) is 0 Å². The Balaban J connectivity index is 2.99. The van der Waals surface area contributed by atoms with Gasteiger partial charge < -0.3 is 19.4 Å². The van der Waals surface area contributed by atoms with Crippen molar-refractivity contribution >= 4 is 17.8 Å². The van der Waals surface area contributed by atoms with E-state index in [1.165, 1.54) is 0 Å². The van der Waals surface area contributed by atoms with Gasteiger partial charge >= 0.3 is 11.9 Å². The van der Waals surface area contributed by atoms with E-state index in [-0.39, 0.29) is 30.3 Å². The second-order valence-electron chi connectivity index (χ2n) is 6.83. The molecule has 26 heavy (non-hydrogen) atoms. The minimum Gasteiger partial charge on any atom is -0.462 e. The van der Waals surface area contributed by atoms with E-state index in [0.29, 0.717) is 16.8 Å². The Morgan fingerprint density at radius 2 is 1.54 bits per heavy atom. The Morgan fingerprint density at radius 3 is 2.00 bits per heavy atom. The fourth-order valence-electron chi connectivity index (χ4n) is 3.05. The van der Waals surface area contributed by atoms with Crippen LogP contribution in [0.4, 0.5) is 0 Å². The highest BCUT2D eigenvalue weighted by atomic mass is 16.5. The van der Waals surface area contributed by atoms with Gasteiger partial charge in [0.15, 0.2) is 6.10 Å². The van der Waals surface area contributed by atoms with E-state index in [1.807, 2.05) is 27.7 Å². The van der Waals surface area contributed by atoms with E-state index < -0.39 is 18.0 Å². The summed E-state index contributed by atoms with van der Waals surface area (Å²) in [6, 6.07) is -0.0120. The maximum atomic E-state index is 12.6. The number of nitrogens with one attached hydrogen (secondary N) is 1. The number of H-pyrrole nitrogens is 1. The van der Waals surface area contributed by atoms with Gasteiger partial charge in [-0.2, -0.15) is 0 Å². The molecule has 0 aliphatic rings. The quantitative estimate of drug-likeness (QED) is 0.750. The maximum Gasteiger partial charge on any atom is 0.355 e. The molecule has 1 amide bonds. The first-order valence-electron chi connectivity index (χ1n) is 8.92. The molecule has 146 valence electrons. The van der Waals surface area contributed by atoms with Gasteiger partial charge in [0.05, 0.1) is 12.2 Å². The van der Waals surface area contributed by atoms with Gasteiger partial charge in [0.1, 0.15) is 5.69 Å².